The van der Waals surface area contributed by atoms with Crippen LogP contribution in [0.3, 0.4) is 0 Å². The van der Waals surface area contributed by atoms with E-state index >= 15 is 0 Å². The van der Waals surface area contributed by atoms with Crippen LogP contribution in [0, 0.1) is 13.8 Å². The minimum Gasteiger partial charge on any atom is -0.351 e. The number of nitrogens with one attached hydrogen (secondary N) is 1. The summed E-state index contributed by atoms with van der Waals surface area (Å²) in [5, 5.41) is 2.89. The normalized spacial score (nSPS) is 12.0. The summed E-state index contributed by atoms with van der Waals surface area (Å²) in [6, 6.07) is 16.5. The Bertz CT molecular complexity index is 590. The van der Waals surface area contributed by atoms with Crippen LogP contribution in [0.4, 0.5) is 0 Å². The van der Waals surface area contributed by atoms with Crippen LogP contribution in [-0.2, 0) is 11.3 Å². The van der Waals surface area contributed by atoms with E-state index in [0.29, 0.717) is 6.54 Å². The Balaban J connectivity index is 1.84. The SMILES string of the molecule is Cc1ccc(CNC(=O)C(C)Sc2ccc(C)cc2)cc1. The zero-order chi connectivity index (χ0) is 15.2. The fourth-order valence-electron chi connectivity index (χ4n) is 1.91. The van der Waals surface area contributed by atoms with E-state index in [-0.39, 0.29) is 11.2 Å². The molecule has 1 unspecified atom stereocenters. The van der Waals surface area contributed by atoms with Crippen LogP contribution in [0.1, 0.15) is 23.6 Å². The highest BCUT2D eigenvalue weighted by atomic mass is 32.2. The molecule has 1 N–H and O–H groups in total. The molecule has 0 spiro atoms. The van der Waals surface area contributed by atoms with Gasteiger partial charge in [0, 0.05) is 11.4 Å². The first-order valence-corrected chi connectivity index (χ1v) is 7.99. The van der Waals surface area contributed by atoms with Crippen molar-refractivity contribution in [2.45, 2.75) is 37.5 Å². The lowest BCUT2D eigenvalue weighted by atomic mass is 10.1. The van der Waals surface area contributed by atoms with Gasteiger partial charge in [0.2, 0.25) is 5.91 Å². The van der Waals surface area contributed by atoms with Crippen molar-refractivity contribution in [3.05, 3.63) is 65.2 Å². The maximum absolute atomic E-state index is 12.1. The summed E-state index contributed by atoms with van der Waals surface area (Å²) in [7, 11) is 0. The summed E-state index contributed by atoms with van der Waals surface area (Å²) >= 11 is 1.59. The van der Waals surface area contributed by atoms with Gasteiger partial charge in [-0.05, 0) is 38.5 Å². The van der Waals surface area contributed by atoms with Crippen LogP contribution in [0.2, 0.25) is 0 Å². The number of hydrogen-bond acceptors (Lipinski definition) is 2. The van der Waals surface area contributed by atoms with Gasteiger partial charge in [0.05, 0.1) is 5.25 Å². The maximum Gasteiger partial charge on any atom is 0.233 e. The molecule has 0 aliphatic carbocycles. The zero-order valence-electron chi connectivity index (χ0n) is 12.7. The Morgan fingerprint density at radius 1 is 1.00 bits per heavy atom. The second-order valence-electron chi connectivity index (χ2n) is 5.28. The number of thioether (sulfide) groups is 1. The van der Waals surface area contributed by atoms with Crippen molar-refractivity contribution in [1.82, 2.24) is 5.32 Å². The van der Waals surface area contributed by atoms with Crippen LogP contribution in [0.15, 0.2) is 53.4 Å². The molecule has 2 rings (SSSR count). The van der Waals surface area contributed by atoms with Gasteiger partial charge in [-0.1, -0.05) is 47.5 Å². The summed E-state index contributed by atoms with van der Waals surface area (Å²) in [6.45, 7) is 6.64. The predicted octanol–water partition coefficient (Wildman–Crippen LogP) is 4.10. The van der Waals surface area contributed by atoms with E-state index in [1.165, 1.54) is 11.1 Å². The Hall–Kier alpha value is -1.74. The number of amides is 1. The van der Waals surface area contributed by atoms with E-state index in [0.717, 1.165) is 10.5 Å². The second-order valence-corrected chi connectivity index (χ2v) is 6.69. The quantitative estimate of drug-likeness (QED) is 0.842. The smallest absolute Gasteiger partial charge is 0.233 e. The molecule has 0 radical (unpaired) electrons. The highest BCUT2D eigenvalue weighted by Crippen LogP contribution is 2.23. The Morgan fingerprint density at radius 2 is 1.52 bits per heavy atom. The molecule has 0 aliphatic heterocycles. The first-order valence-electron chi connectivity index (χ1n) is 7.11. The van der Waals surface area contributed by atoms with Gasteiger partial charge in [-0.15, -0.1) is 11.8 Å². The molecule has 0 bridgehead atoms. The first kappa shape index (κ1) is 15.6. The number of aryl methyl sites for hydroxylation is 2. The molecule has 0 aromatic heterocycles. The van der Waals surface area contributed by atoms with Crippen LogP contribution in [0.25, 0.3) is 0 Å². The van der Waals surface area contributed by atoms with E-state index in [1.807, 2.05) is 19.1 Å². The third-order valence-corrected chi connectivity index (χ3v) is 4.40. The number of carbonyl (C=O) groups excluding carboxylic acids is 1. The largest absolute Gasteiger partial charge is 0.351 e. The molecule has 0 fully saturated rings. The van der Waals surface area contributed by atoms with Crippen molar-refractivity contribution in [2.75, 3.05) is 0 Å². The van der Waals surface area contributed by atoms with Crippen molar-refractivity contribution in [3.63, 3.8) is 0 Å². The number of hydrogen-bond donors (Lipinski definition) is 1. The molecular weight excluding hydrogens is 278 g/mol. The molecule has 2 aromatic rings. The van der Waals surface area contributed by atoms with Crippen LogP contribution >= 0.6 is 11.8 Å². The van der Waals surface area contributed by atoms with E-state index < -0.39 is 0 Å². The third-order valence-electron chi connectivity index (χ3n) is 3.29. The van der Waals surface area contributed by atoms with E-state index in [4.69, 9.17) is 0 Å². The summed E-state index contributed by atoms with van der Waals surface area (Å²) in [5.74, 6) is 0.0705. The molecular formula is C18H21NOS. The van der Waals surface area contributed by atoms with Crippen molar-refractivity contribution >= 4 is 17.7 Å². The number of benzene rings is 2. The minimum atomic E-state index is -0.0989. The molecule has 0 saturated heterocycles. The molecule has 2 nitrogen and oxygen atoms in total. The summed E-state index contributed by atoms with van der Waals surface area (Å²) in [5.41, 5.74) is 3.59. The van der Waals surface area contributed by atoms with E-state index in [9.17, 15) is 4.79 Å². The van der Waals surface area contributed by atoms with Gasteiger partial charge in [-0.3, -0.25) is 4.79 Å². The lowest BCUT2D eigenvalue weighted by molar-refractivity contribution is -0.120. The summed E-state index contributed by atoms with van der Waals surface area (Å²) < 4.78 is 0. The molecule has 110 valence electrons. The fraction of sp³-hybridized carbons (Fsp3) is 0.278. The van der Waals surface area contributed by atoms with Gasteiger partial charge in [0.15, 0.2) is 0 Å². The van der Waals surface area contributed by atoms with Crippen molar-refractivity contribution in [3.8, 4) is 0 Å². The predicted molar refractivity (Wildman–Crippen MR) is 89.5 cm³/mol. The van der Waals surface area contributed by atoms with Gasteiger partial charge >= 0.3 is 0 Å². The van der Waals surface area contributed by atoms with Crippen LogP contribution < -0.4 is 5.32 Å². The summed E-state index contributed by atoms with van der Waals surface area (Å²) in [6.07, 6.45) is 0. The molecule has 1 atom stereocenters. The molecule has 3 heteroatoms. The first-order chi connectivity index (χ1) is 10.0. The van der Waals surface area contributed by atoms with Gasteiger partial charge in [0.1, 0.15) is 0 Å². The Labute approximate surface area is 131 Å². The molecule has 1 amide bonds. The molecule has 21 heavy (non-hydrogen) atoms. The van der Waals surface area contributed by atoms with Crippen molar-refractivity contribution < 1.29 is 4.79 Å². The van der Waals surface area contributed by atoms with E-state index in [2.05, 4.69) is 55.6 Å². The number of rotatable bonds is 5. The maximum atomic E-state index is 12.1. The molecule has 0 saturated carbocycles. The second kappa shape index (κ2) is 7.32. The highest BCUT2D eigenvalue weighted by molar-refractivity contribution is 8.00. The minimum absolute atomic E-state index is 0.0705. The fourth-order valence-corrected chi connectivity index (χ4v) is 2.81. The Morgan fingerprint density at radius 3 is 2.10 bits per heavy atom. The average molecular weight is 299 g/mol. The molecule has 0 heterocycles. The zero-order valence-corrected chi connectivity index (χ0v) is 13.5. The number of carbonyl (C=O) groups is 1. The van der Waals surface area contributed by atoms with Gasteiger partial charge in [-0.2, -0.15) is 0 Å². The highest BCUT2D eigenvalue weighted by Gasteiger charge is 2.13. The summed E-state index contributed by atoms with van der Waals surface area (Å²) in [4.78, 5) is 13.2. The standard InChI is InChI=1S/C18H21NOS/c1-13-4-8-16(9-5-13)12-19-18(20)15(3)21-17-10-6-14(2)7-11-17/h4-11,15H,12H2,1-3H3,(H,19,20). The molecule has 0 aliphatic rings. The lowest BCUT2D eigenvalue weighted by Gasteiger charge is -2.12. The van der Waals surface area contributed by atoms with Crippen LogP contribution in [0.5, 0.6) is 0 Å². The van der Waals surface area contributed by atoms with Gasteiger partial charge < -0.3 is 5.32 Å². The topological polar surface area (TPSA) is 29.1 Å². The van der Waals surface area contributed by atoms with Crippen molar-refractivity contribution in [2.24, 2.45) is 0 Å². The Kier molecular flexibility index (Phi) is 5.45. The average Bonchev–Trinajstić information content (AvgIpc) is 2.48. The van der Waals surface area contributed by atoms with Gasteiger partial charge in [-0.25, -0.2) is 0 Å². The monoisotopic (exact) mass is 299 g/mol. The van der Waals surface area contributed by atoms with Crippen LogP contribution in [-0.4, -0.2) is 11.2 Å². The van der Waals surface area contributed by atoms with Gasteiger partial charge in [0.25, 0.3) is 0 Å². The van der Waals surface area contributed by atoms with Crippen molar-refractivity contribution in [1.29, 1.82) is 0 Å². The van der Waals surface area contributed by atoms with E-state index in [1.54, 1.807) is 11.8 Å². The molecule has 2 aromatic carbocycles. The third kappa shape index (κ3) is 4.94. The lowest BCUT2D eigenvalue weighted by Crippen LogP contribution is -2.30.